The zero-order chi connectivity index (χ0) is 20.8. The Kier molecular flexibility index (Phi) is 7.16. The van der Waals surface area contributed by atoms with Gasteiger partial charge in [0.25, 0.3) is 0 Å². The van der Waals surface area contributed by atoms with Gasteiger partial charge in [-0.25, -0.2) is 10.2 Å². The minimum absolute atomic E-state index is 0.244. The highest BCUT2D eigenvalue weighted by Crippen LogP contribution is 2.38. The maximum absolute atomic E-state index is 12.5. The number of nitrogens with zero attached hydrogens (tertiary/aromatic N) is 1. The van der Waals surface area contributed by atoms with Crippen LogP contribution in [-0.2, 0) is 27.2 Å². The summed E-state index contributed by atoms with van der Waals surface area (Å²) in [5.41, 5.74) is 4.20. The number of rotatable bonds is 5. The maximum Gasteiger partial charge on any atom is 0.341 e. The van der Waals surface area contributed by atoms with Crippen molar-refractivity contribution in [3.63, 3.8) is 0 Å². The van der Waals surface area contributed by atoms with E-state index in [1.807, 2.05) is 17.5 Å². The van der Waals surface area contributed by atoms with Gasteiger partial charge in [0.1, 0.15) is 5.00 Å². The van der Waals surface area contributed by atoms with E-state index in [1.165, 1.54) is 22.7 Å². The molecule has 0 saturated heterocycles. The molecule has 2 N–H and O–H groups in total. The van der Waals surface area contributed by atoms with E-state index in [1.54, 1.807) is 13.8 Å². The molecule has 0 atom stereocenters. The van der Waals surface area contributed by atoms with Crippen LogP contribution in [0, 0.1) is 0 Å². The summed E-state index contributed by atoms with van der Waals surface area (Å²) >= 11 is 2.84. The van der Waals surface area contributed by atoms with Crippen molar-refractivity contribution in [2.45, 2.75) is 46.0 Å². The quantitative estimate of drug-likeness (QED) is 0.247. The number of thiophene rings is 2. The van der Waals surface area contributed by atoms with Gasteiger partial charge in [0.05, 0.1) is 17.9 Å². The van der Waals surface area contributed by atoms with Crippen LogP contribution in [0.3, 0.4) is 0 Å². The smallest absolute Gasteiger partial charge is 0.341 e. The monoisotopic (exact) mass is 433 g/mol. The summed E-state index contributed by atoms with van der Waals surface area (Å²) < 4.78 is 5.19. The fourth-order valence-corrected chi connectivity index (χ4v) is 5.08. The summed E-state index contributed by atoms with van der Waals surface area (Å²) in [6, 6.07) is 3.76. The molecule has 3 rings (SSSR count). The van der Waals surface area contributed by atoms with Gasteiger partial charge in [-0.2, -0.15) is 5.10 Å². The number of amides is 2. The van der Waals surface area contributed by atoms with Gasteiger partial charge in [0.2, 0.25) is 0 Å². The number of hydrogen-bond donors (Lipinski definition) is 2. The first kappa shape index (κ1) is 21.2. The molecule has 2 heterocycles. The molecule has 2 amide bonds. The van der Waals surface area contributed by atoms with Crippen LogP contribution in [0.25, 0.3) is 0 Å². The van der Waals surface area contributed by atoms with Gasteiger partial charge >= 0.3 is 17.8 Å². The molecule has 7 nitrogen and oxygen atoms in total. The highest BCUT2D eigenvalue weighted by molar-refractivity contribution is 7.17. The zero-order valence-electron chi connectivity index (χ0n) is 16.4. The van der Waals surface area contributed by atoms with E-state index < -0.39 is 17.8 Å². The summed E-state index contributed by atoms with van der Waals surface area (Å²) in [4.78, 5) is 39.1. The van der Waals surface area contributed by atoms with Gasteiger partial charge in [-0.05, 0) is 56.5 Å². The van der Waals surface area contributed by atoms with Crippen molar-refractivity contribution in [1.29, 1.82) is 0 Å². The van der Waals surface area contributed by atoms with Crippen molar-refractivity contribution in [3.8, 4) is 0 Å². The average Bonchev–Trinajstić information content (AvgIpc) is 3.29. The Morgan fingerprint density at radius 1 is 1.17 bits per heavy atom. The third kappa shape index (κ3) is 5.10. The SMILES string of the molecule is CCOC(=O)c1c(NC(=O)C(=O)N/N=C(/C)c2cccs2)sc2c1CCCCC2. The molecule has 29 heavy (non-hydrogen) atoms. The molecule has 0 aliphatic heterocycles. The van der Waals surface area contributed by atoms with Crippen LogP contribution >= 0.6 is 22.7 Å². The number of esters is 1. The van der Waals surface area contributed by atoms with Crippen molar-refractivity contribution >= 4 is 51.2 Å². The van der Waals surface area contributed by atoms with Gasteiger partial charge < -0.3 is 10.1 Å². The van der Waals surface area contributed by atoms with Crippen molar-refractivity contribution in [2.75, 3.05) is 11.9 Å². The molecule has 9 heteroatoms. The van der Waals surface area contributed by atoms with E-state index in [0.29, 0.717) is 16.3 Å². The predicted molar refractivity (Wildman–Crippen MR) is 115 cm³/mol. The van der Waals surface area contributed by atoms with Gasteiger partial charge in [-0.15, -0.1) is 22.7 Å². The third-order valence-corrected chi connectivity index (χ3v) is 6.72. The minimum Gasteiger partial charge on any atom is -0.462 e. The van der Waals surface area contributed by atoms with Crippen LogP contribution in [0.4, 0.5) is 5.00 Å². The first-order valence-corrected chi connectivity index (χ1v) is 11.2. The number of hydrogen-bond acceptors (Lipinski definition) is 7. The zero-order valence-corrected chi connectivity index (χ0v) is 18.0. The van der Waals surface area contributed by atoms with E-state index >= 15 is 0 Å². The van der Waals surface area contributed by atoms with Crippen molar-refractivity contribution < 1.29 is 19.1 Å². The predicted octanol–water partition coefficient (Wildman–Crippen LogP) is 3.73. The fraction of sp³-hybridized carbons (Fsp3) is 0.400. The molecular formula is C20H23N3O4S2. The lowest BCUT2D eigenvalue weighted by Gasteiger charge is -2.08. The molecule has 1 aliphatic carbocycles. The lowest BCUT2D eigenvalue weighted by molar-refractivity contribution is -0.136. The number of ether oxygens (including phenoxy) is 1. The first-order valence-electron chi connectivity index (χ1n) is 9.52. The highest BCUT2D eigenvalue weighted by atomic mass is 32.1. The van der Waals surface area contributed by atoms with Crippen LogP contribution in [0.15, 0.2) is 22.6 Å². The number of carbonyl (C=O) groups is 3. The molecule has 0 bridgehead atoms. The van der Waals surface area contributed by atoms with Crippen molar-refractivity contribution in [1.82, 2.24) is 5.43 Å². The molecule has 154 valence electrons. The second-order valence-corrected chi connectivity index (χ2v) is 8.61. The summed E-state index contributed by atoms with van der Waals surface area (Å²) in [5.74, 6) is -2.22. The summed E-state index contributed by atoms with van der Waals surface area (Å²) in [7, 11) is 0. The molecule has 0 radical (unpaired) electrons. The number of hydrazone groups is 1. The van der Waals surface area contributed by atoms with Crippen LogP contribution in [0.1, 0.15) is 58.8 Å². The largest absolute Gasteiger partial charge is 0.462 e. The lowest BCUT2D eigenvalue weighted by atomic mass is 10.1. The summed E-state index contributed by atoms with van der Waals surface area (Å²) in [6.45, 7) is 3.73. The van der Waals surface area contributed by atoms with Crippen molar-refractivity contribution in [3.05, 3.63) is 38.4 Å². The van der Waals surface area contributed by atoms with Gasteiger partial charge in [0.15, 0.2) is 0 Å². The standard InChI is InChI=1S/C20H23N3O4S2/c1-3-27-20(26)16-13-8-5-4-6-9-15(13)29-19(16)21-17(24)18(25)23-22-12(2)14-10-7-11-28-14/h7,10-11H,3-6,8-9H2,1-2H3,(H,21,24)(H,23,25)/b22-12-. The molecule has 1 aliphatic rings. The Morgan fingerprint density at radius 3 is 2.69 bits per heavy atom. The van der Waals surface area contributed by atoms with Gasteiger partial charge in [-0.3, -0.25) is 9.59 Å². The van der Waals surface area contributed by atoms with E-state index in [0.717, 1.165) is 47.4 Å². The number of aryl methyl sites for hydroxylation is 1. The van der Waals surface area contributed by atoms with Gasteiger partial charge in [0, 0.05) is 9.75 Å². The first-order chi connectivity index (χ1) is 14.0. The van der Waals surface area contributed by atoms with Crippen LogP contribution in [0.2, 0.25) is 0 Å². The van der Waals surface area contributed by atoms with Crippen LogP contribution in [-0.4, -0.2) is 30.1 Å². The molecule has 0 fully saturated rings. The van der Waals surface area contributed by atoms with Crippen LogP contribution in [0.5, 0.6) is 0 Å². The van der Waals surface area contributed by atoms with E-state index in [9.17, 15) is 14.4 Å². The van der Waals surface area contributed by atoms with E-state index in [2.05, 4.69) is 15.8 Å². The summed E-state index contributed by atoms with van der Waals surface area (Å²) in [6.07, 6.45) is 4.77. The fourth-order valence-electron chi connectivity index (χ4n) is 3.13. The van der Waals surface area contributed by atoms with Crippen molar-refractivity contribution in [2.24, 2.45) is 5.10 Å². The lowest BCUT2D eigenvalue weighted by Crippen LogP contribution is -2.33. The molecular weight excluding hydrogens is 410 g/mol. The molecule has 0 spiro atoms. The minimum atomic E-state index is -0.890. The third-order valence-electron chi connectivity index (χ3n) is 4.54. The van der Waals surface area contributed by atoms with E-state index in [-0.39, 0.29) is 6.61 Å². The Bertz CT molecular complexity index is 932. The second kappa shape index (κ2) is 9.80. The highest BCUT2D eigenvalue weighted by Gasteiger charge is 2.27. The summed E-state index contributed by atoms with van der Waals surface area (Å²) in [5, 5.41) is 8.83. The molecule has 2 aromatic heterocycles. The Morgan fingerprint density at radius 2 is 1.97 bits per heavy atom. The molecule has 0 saturated carbocycles. The number of nitrogens with one attached hydrogen (secondary N) is 2. The van der Waals surface area contributed by atoms with Gasteiger partial charge in [-0.1, -0.05) is 12.5 Å². The number of fused-ring (bicyclic) bond motifs is 1. The molecule has 2 aromatic rings. The Labute approximate surface area is 177 Å². The Hall–Kier alpha value is -2.52. The second-order valence-electron chi connectivity index (χ2n) is 6.56. The molecule has 0 aromatic carbocycles. The normalized spacial score (nSPS) is 13.9. The topological polar surface area (TPSA) is 96.9 Å². The van der Waals surface area contributed by atoms with E-state index in [4.69, 9.17) is 4.74 Å². The van der Waals surface area contributed by atoms with Crippen LogP contribution < -0.4 is 10.7 Å². The molecule has 0 unspecified atom stereocenters. The average molecular weight is 434 g/mol. The maximum atomic E-state index is 12.5. The number of anilines is 1. The Balaban J connectivity index is 1.76. The number of carbonyl (C=O) groups excluding carboxylic acids is 3.